The third-order valence-electron chi connectivity index (χ3n) is 1.86. The molecule has 74 valence electrons. The monoisotopic (exact) mass is 200 g/mol. The lowest BCUT2D eigenvalue weighted by molar-refractivity contribution is 0.169. The van der Waals surface area contributed by atoms with Gasteiger partial charge in [-0.2, -0.15) is 0 Å². The van der Waals surface area contributed by atoms with Crippen LogP contribution < -0.4 is 5.32 Å². The van der Waals surface area contributed by atoms with Crippen molar-refractivity contribution in [3.63, 3.8) is 0 Å². The Morgan fingerprint density at radius 2 is 2.46 bits per heavy atom. The summed E-state index contributed by atoms with van der Waals surface area (Å²) in [5, 5.41) is 6.46. The first kappa shape index (κ1) is 10.6. The lowest BCUT2D eigenvalue weighted by Crippen LogP contribution is -2.31. The van der Waals surface area contributed by atoms with Crippen LogP contribution in [-0.4, -0.2) is 31.8 Å². The molecule has 0 saturated carbocycles. The van der Waals surface area contributed by atoms with Crippen LogP contribution in [0.5, 0.6) is 0 Å². The van der Waals surface area contributed by atoms with Gasteiger partial charge in [0.1, 0.15) is 0 Å². The van der Waals surface area contributed by atoms with E-state index in [0.29, 0.717) is 6.04 Å². The lowest BCUT2D eigenvalue weighted by atomic mass is 10.2. The number of ether oxygens (including phenoxy) is 1. The Bertz CT molecular complexity index is 250. The summed E-state index contributed by atoms with van der Waals surface area (Å²) < 4.78 is 5.09. The summed E-state index contributed by atoms with van der Waals surface area (Å²) in [7, 11) is 3.67. The molecule has 3 nitrogen and oxygen atoms in total. The zero-order valence-corrected chi connectivity index (χ0v) is 9.15. The van der Waals surface area contributed by atoms with Crippen LogP contribution in [0.25, 0.3) is 0 Å². The largest absolute Gasteiger partial charge is 0.383 e. The standard InChI is InChI=1S/C9H16N2OS/c1-7-6-13-9(11-7)4-8(10-2)5-12-3/h6,8,10H,4-5H2,1-3H3. The third-order valence-corrected chi connectivity index (χ3v) is 2.85. The van der Waals surface area contributed by atoms with Crippen LogP contribution in [0.4, 0.5) is 0 Å². The molecule has 0 aliphatic rings. The molecule has 0 bridgehead atoms. The fourth-order valence-corrected chi connectivity index (χ4v) is 2.01. The number of hydrogen-bond acceptors (Lipinski definition) is 4. The highest BCUT2D eigenvalue weighted by Crippen LogP contribution is 2.10. The van der Waals surface area contributed by atoms with Gasteiger partial charge < -0.3 is 10.1 Å². The van der Waals surface area contributed by atoms with Gasteiger partial charge in [-0.1, -0.05) is 0 Å². The first-order valence-corrected chi connectivity index (χ1v) is 5.21. The van der Waals surface area contributed by atoms with Gasteiger partial charge in [0.25, 0.3) is 0 Å². The van der Waals surface area contributed by atoms with Crippen LogP contribution in [0.3, 0.4) is 0 Å². The molecular weight excluding hydrogens is 184 g/mol. The van der Waals surface area contributed by atoms with Crippen molar-refractivity contribution in [2.45, 2.75) is 19.4 Å². The van der Waals surface area contributed by atoms with Gasteiger partial charge in [-0.3, -0.25) is 0 Å². The van der Waals surface area contributed by atoms with Crippen LogP contribution in [0.2, 0.25) is 0 Å². The maximum atomic E-state index is 5.09. The van der Waals surface area contributed by atoms with Crippen LogP contribution >= 0.6 is 11.3 Å². The van der Waals surface area contributed by atoms with Crippen molar-refractivity contribution in [2.75, 3.05) is 20.8 Å². The minimum Gasteiger partial charge on any atom is -0.383 e. The normalized spacial score (nSPS) is 13.2. The Morgan fingerprint density at radius 3 is 2.92 bits per heavy atom. The molecule has 13 heavy (non-hydrogen) atoms. The van der Waals surface area contributed by atoms with E-state index >= 15 is 0 Å². The summed E-state index contributed by atoms with van der Waals surface area (Å²) in [6.45, 7) is 2.75. The zero-order chi connectivity index (χ0) is 9.68. The Balaban J connectivity index is 2.46. The minimum atomic E-state index is 0.371. The summed E-state index contributed by atoms with van der Waals surface area (Å²) in [6, 6.07) is 0.371. The Labute approximate surface area is 83.1 Å². The van der Waals surface area contributed by atoms with Crippen molar-refractivity contribution < 1.29 is 4.74 Å². The molecule has 0 spiro atoms. The lowest BCUT2D eigenvalue weighted by Gasteiger charge is -2.12. The van der Waals surface area contributed by atoms with Crippen molar-refractivity contribution in [1.82, 2.24) is 10.3 Å². The average molecular weight is 200 g/mol. The number of nitrogens with one attached hydrogen (secondary N) is 1. The van der Waals surface area contributed by atoms with E-state index in [4.69, 9.17) is 4.74 Å². The van der Waals surface area contributed by atoms with Gasteiger partial charge in [-0.25, -0.2) is 4.98 Å². The van der Waals surface area contributed by atoms with Crippen LogP contribution in [-0.2, 0) is 11.2 Å². The molecule has 1 rings (SSSR count). The highest BCUT2D eigenvalue weighted by atomic mass is 32.1. The van der Waals surface area contributed by atoms with Gasteiger partial charge in [-0.05, 0) is 14.0 Å². The summed E-state index contributed by atoms with van der Waals surface area (Å²) in [6.07, 6.45) is 0.947. The van der Waals surface area contributed by atoms with E-state index in [1.54, 1.807) is 18.4 Å². The summed E-state index contributed by atoms with van der Waals surface area (Å²) in [5.74, 6) is 0. The zero-order valence-electron chi connectivity index (χ0n) is 8.33. The molecule has 1 heterocycles. The molecule has 0 radical (unpaired) electrons. The highest BCUT2D eigenvalue weighted by molar-refractivity contribution is 7.09. The van der Waals surface area contributed by atoms with Crippen molar-refractivity contribution in [3.05, 3.63) is 16.1 Å². The molecule has 0 aromatic carbocycles. The van der Waals surface area contributed by atoms with Crippen molar-refractivity contribution in [3.8, 4) is 0 Å². The van der Waals surface area contributed by atoms with Gasteiger partial charge in [-0.15, -0.1) is 11.3 Å². The Hall–Kier alpha value is -0.450. The molecule has 0 aliphatic carbocycles. The highest BCUT2D eigenvalue weighted by Gasteiger charge is 2.08. The predicted octanol–water partition coefficient (Wildman–Crippen LogP) is 1.23. The predicted molar refractivity (Wildman–Crippen MR) is 55.3 cm³/mol. The fraction of sp³-hybridized carbons (Fsp3) is 0.667. The van der Waals surface area contributed by atoms with Gasteiger partial charge in [0.05, 0.1) is 11.6 Å². The van der Waals surface area contributed by atoms with Crippen LogP contribution in [0, 0.1) is 6.92 Å². The van der Waals surface area contributed by atoms with Crippen molar-refractivity contribution in [2.24, 2.45) is 0 Å². The van der Waals surface area contributed by atoms with Crippen LogP contribution in [0.15, 0.2) is 5.38 Å². The fourth-order valence-electron chi connectivity index (χ4n) is 1.15. The number of rotatable bonds is 5. The minimum absolute atomic E-state index is 0.371. The number of methoxy groups -OCH3 is 1. The first-order valence-electron chi connectivity index (χ1n) is 4.33. The average Bonchev–Trinajstić information content (AvgIpc) is 2.50. The van der Waals surface area contributed by atoms with Gasteiger partial charge in [0.2, 0.25) is 0 Å². The molecule has 0 saturated heterocycles. The van der Waals surface area contributed by atoms with E-state index in [9.17, 15) is 0 Å². The Kier molecular flexibility index (Phi) is 4.35. The second kappa shape index (κ2) is 5.32. The van der Waals surface area contributed by atoms with E-state index in [1.807, 2.05) is 14.0 Å². The van der Waals surface area contributed by atoms with E-state index in [1.165, 1.54) is 5.01 Å². The quantitative estimate of drug-likeness (QED) is 0.776. The maximum absolute atomic E-state index is 5.09. The number of aromatic nitrogens is 1. The molecule has 0 amide bonds. The van der Waals surface area contributed by atoms with Gasteiger partial charge in [0.15, 0.2) is 0 Å². The van der Waals surface area contributed by atoms with E-state index < -0.39 is 0 Å². The number of aryl methyl sites for hydroxylation is 1. The van der Waals surface area contributed by atoms with Gasteiger partial charge in [0, 0.05) is 30.6 Å². The molecule has 1 unspecified atom stereocenters. The second-order valence-electron chi connectivity index (χ2n) is 3.03. The SMILES string of the molecule is CNC(COC)Cc1nc(C)cs1. The van der Waals surface area contributed by atoms with Crippen molar-refractivity contribution >= 4 is 11.3 Å². The number of likely N-dealkylation sites (N-methyl/N-ethyl adjacent to an activating group) is 1. The van der Waals surface area contributed by atoms with E-state index in [2.05, 4.69) is 15.7 Å². The van der Waals surface area contributed by atoms with Crippen LogP contribution in [0.1, 0.15) is 10.7 Å². The van der Waals surface area contributed by atoms with E-state index in [-0.39, 0.29) is 0 Å². The number of hydrogen-bond donors (Lipinski definition) is 1. The molecule has 4 heteroatoms. The summed E-state index contributed by atoms with van der Waals surface area (Å²) >= 11 is 1.71. The van der Waals surface area contributed by atoms with E-state index in [0.717, 1.165) is 18.7 Å². The topological polar surface area (TPSA) is 34.1 Å². The third kappa shape index (κ3) is 3.42. The number of thiazole rings is 1. The second-order valence-corrected chi connectivity index (χ2v) is 3.97. The smallest absolute Gasteiger partial charge is 0.0944 e. The molecular formula is C9H16N2OS. The van der Waals surface area contributed by atoms with Crippen molar-refractivity contribution in [1.29, 1.82) is 0 Å². The molecule has 1 atom stereocenters. The summed E-state index contributed by atoms with van der Waals surface area (Å²) in [5.41, 5.74) is 1.10. The maximum Gasteiger partial charge on any atom is 0.0944 e. The first-order chi connectivity index (χ1) is 6.26. The van der Waals surface area contributed by atoms with Gasteiger partial charge >= 0.3 is 0 Å². The number of nitrogens with zero attached hydrogens (tertiary/aromatic N) is 1. The molecule has 0 aliphatic heterocycles. The Morgan fingerprint density at radius 1 is 1.69 bits per heavy atom. The summed E-state index contributed by atoms with van der Waals surface area (Å²) in [4.78, 5) is 4.40. The molecule has 1 aromatic rings. The molecule has 1 N–H and O–H groups in total. The molecule has 1 aromatic heterocycles. The molecule has 0 fully saturated rings.